The van der Waals surface area contributed by atoms with Gasteiger partial charge in [-0.15, -0.1) is 0 Å². The molecule has 3 N–H and O–H groups in total. The van der Waals surface area contributed by atoms with E-state index in [-0.39, 0.29) is 5.82 Å². The first-order valence-electron chi connectivity index (χ1n) is 6.21. The van der Waals surface area contributed by atoms with E-state index < -0.39 is 6.10 Å². The van der Waals surface area contributed by atoms with Gasteiger partial charge in [-0.1, -0.05) is 6.92 Å². The van der Waals surface area contributed by atoms with Gasteiger partial charge in [0.15, 0.2) is 0 Å². The lowest BCUT2D eigenvalue weighted by Crippen LogP contribution is -2.12. The molecule has 18 heavy (non-hydrogen) atoms. The number of aromatic nitrogens is 2. The minimum atomic E-state index is -0.697. The average molecular weight is 251 g/mol. The standard InChI is InChI=1S/C13H18FN3O/c1-2-7-17-11-8-9(14)3-4-10(11)16-13(17)12(18)5-6-15/h3-4,8,12,18H,2,5-7,15H2,1H3. The van der Waals surface area contributed by atoms with Crippen LogP contribution in [-0.4, -0.2) is 21.2 Å². The van der Waals surface area contributed by atoms with Crippen LogP contribution in [0.5, 0.6) is 0 Å². The number of nitrogens with two attached hydrogens (primary N) is 1. The highest BCUT2D eigenvalue weighted by Crippen LogP contribution is 2.23. The summed E-state index contributed by atoms with van der Waals surface area (Å²) < 4.78 is 15.2. The first-order valence-corrected chi connectivity index (χ1v) is 6.21. The molecule has 0 saturated heterocycles. The van der Waals surface area contributed by atoms with Gasteiger partial charge in [-0.05, 0) is 37.6 Å². The van der Waals surface area contributed by atoms with Crippen molar-refractivity contribution in [3.63, 3.8) is 0 Å². The number of hydrogen-bond donors (Lipinski definition) is 2. The van der Waals surface area contributed by atoms with Crippen LogP contribution in [-0.2, 0) is 6.54 Å². The Balaban J connectivity index is 2.54. The number of fused-ring (bicyclic) bond motifs is 1. The van der Waals surface area contributed by atoms with E-state index >= 15 is 0 Å². The van der Waals surface area contributed by atoms with Gasteiger partial charge in [-0.3, -0.25) is 0 Å². The van der Waals surface area contributed by atoms with Crippen LogP contribution in [0, 0.1) is 5.82 Å². The second kappa shape index (κ2) is 5.46. The molecule has 0 amide bonds. The molecule has 1 atom stereocenters. The van der Waals surface area contributed by atoms with E-state index in [0.29, 0.717) is 30.9 Å². The zero-order valence-corrected chi connectivity index (χ0v) is 10.4. The van der Waals surface area contributed by atoms with Crippen molar-refractivity contribution in [1.29, 1.82) is 0 Å². The number of aryl methyl sites for hydroxylation is 1. The molecule has 0 fully saturated rings. The number of nitrogens with zero attached hydrogens (tertiary/aromatic N) is 2. The summed E-state index contributed by atoms with van der Waals surface area (Å²) in [6.07, 6.45) is 0.650. The van der Waals surface area contributed by atoms with Crippen molar-refractivity contribution >= 4 is 11.0 Å². The van der Waals surface area contributed by atoms with Gasteiger partial charge in [0, 0.05) is 6.54 Å². The van der Waals surface area contributed by atoms with Crippen molar-refractivity contribution in [2.45, 2.75) is 32.4 Å². The van der Waals surface area contributed by atoms with Crippen LogP contribution in [0.1, 0.15) is 31.7 Å². The maximum Gasteiger partial charge on any atom is 0.138 e. The molecule has 0 radical (unpaired) electrons. The Morgan fingerprint density at radius 3 is 2.94 bits per heavy atom. The molecular weight excluding hydrogens is 233 g/mol. The fourth-order valence-electron chi connectivity index (χ4n) is 2.11. The molecule has 2 rings (SSSR count). The van der Waals surface area contributed by atoms with E-state index in [2.05, 4.69) is 4.98 Å². The molecule has 5 heteroatoms. The normalized spacial score (nSPS) is 13.1. The summed E-state index contributed by atoms with van der Waals surface area (Å²) in [6, 6.07) is 4.47. The predicted molar refractivity (Wildman–Crippen MR) is 68.6 cm³/mol. The van der Waals surface area contributed by atoms with Gasteiger partial charge in [-0.2, -0.15) is 0 Å². The van der Waals surface area contributed by atoms with Gasteiger partial charge in [0.25, 0.3) is 0 Å². The Bertz CT molecular complexity index is 538. The first kappa shape index (κ1) is 13.0. The fraction of sp³-hybridized carbons (Fsp3) is 0.462. The highest BCUT2D eigenvalue weighted by Gasteiger charge is 2.17. The van der Waals surface area contributed by atoms with Gasteiger partial charge >= 0.3 is 0 Å². The van der Waals surface area contributed by atoms with Crippen LogP contribution >= 0.6 is 0 Å². The van der Waals surface area contributed by atoms with Crippen LogP contribution < -0.4 is 5.73 Å². The van der Waals surface area contributed by atoms with Gasteiger partial charge in [0.05, 0.1) is 11.0 Å². The van der Waals surface area contributed by atoms with Crippen molar-refractivity contribution in [3.05, 3.63) is 29.8 Å². The average Bonchev–Trinajstić information content (AvgIpc) is 2.69. The van der Waals surface area contributed by atoms with Crippen LogP contribution in [0.15, 0.2) is 18.2 Å². The fourth-order valence-corrected chi connectivity index (χ4v) is 2.11. The molecular formula is C13H18FN3O. The summed E-state index contributed by atoms with van der Waals surface area (Å²) in [5.74, 6) is 0.280. The summed E-state index contributed by atoms with van der Waals surface area (Å²) in [5, 5.41) is 10.0. The van der Waals surface area contributed by atoms with Crippen molar-refractivity contribution < 1.29 is 9.50 Å². The predicted octanol–water partition coefficient (Wildman–Crippen LogP) is 1.97. The number of aliphatic hydroxyl groups is 1. The smallest absolute Gasteiger partial charge is 0.138 e. The molecule has 1 unspecified atom stereocenters. The summed E-state index contributed by atoms with van der Waals surface area (Å²) in [4.78, 5) is 4.38. The van der Waals surface area contributed by atoms with E-state index in [1.165, 1.54) is 12.1 Å². The number of imidazole rings is 1. The van der Waals surface area contributed by atoms with Crippen LogP contribution in [0.2, 0.25) is 0 Å². The van der Waals surface area contributed by atoms with E-state index in [1.54, 1.807) is 6.07 Å². The number of halogens is 1. The monoisotopic (exact) mass is 251 g/mol. The Labute approximate surface area is 105 Å². The number of benzene rings is 1. The highest BCUT2D eigenvalue weighted by molar-refractivity contribution is 5.76. The quantitative estimate of drug-likeness (QED) is 0.854. The maximum absolute atomic E-state index is 13.3. The van der Waals surface area contributed by atoms with Gasteiger partial charge in [0.2, 0.25) is 0 Å². The third-order valence-corrected chi connectivity index (χ3v) is 2.93. The molecule has 0 saturated carbocycles. The lowest BCUT2D eigenvalue weighted by molar-refractivity contribution is 0.156. The third kappa shape index (κ3) is 2.37. The van der Waals surface area contributed by atoms with Crippen molar-refractivity contribution in [2.24, 2.45) is 5.73 Å². The maximum atomic E-state index is 13.3. The minimum Gasteiger partial charge on any atom is -0.385 e. The van der Waals surface area contributed by atoms with Crippen LogP contribution in [0.4, 0.5) is 4.39 Å². The zero-order chi connectivity index (χ0) is 13.1. The molecule has 0 aliphatic rings. The second-order valence-electron chi connectivity index (χ2n) is 4.35. The zero-order valence-electron chi connectivity index (χ0n) is 10.4. The van der Waals surface area contributed by atoms with E-state index in [9.17, 15) is 9.50 Å². The molecule has 4 nitrogen and oxygen atoms in total. The van der Waals surface area contributed by atoms with E-state index in [1.807, 2.05) is 11.5 Å². The molecule has 1 heterocycles. The van der Waals surface area contributed by atoms with Crippen molar-refractivity contribution in [2.75, 3.05) is 6.54 Å². The molecule has 1 aromatic carbocycles. The minimum absolute atomic E-state index is 0.292. The van der Waals surface area contributed by atoms with Crippen LogP contribution in [0.3, 0.4) is 0 Å². The topological polar surface area (TPSA) is 64.1 Å². The Hall–Kier alpha value is -1.46. The van der Waals surface area contributed by atoms with E-state index in [0.717, 1.165) is 11.9 Å². The van der Waals surface area contributed by atoms with Crippen molar-refractivity contribution in [1.82, 2.24) is 9.55 Å². The molecule has 98 valence electrons. The Morgan fingerprint density at radius 2 is 2.28 bits per heavy atom. The van der Waals surface area contributed by atoms with Gasteiger partial charge in [-0.25, -0.2) is 9.37 Å². The Kier molecular flexibility index (Phi) is 3.93. The molecule has 0 bridgehead atoms. The largest absolute Gasteiger partial charge is 0.385 e. The molecule has 1 aromatic heterocycles. The van der Waals surface area contributed by atoms with Crippen LogP contribution in [0.25, 0.3) is 11.0 Å². The third-order valence-electron chi connectivity index (χ3n) is 2.93. The molecule has 0 aliphatic heterocycles. The summed E-state index contributed by atoms with van der Waals surface area (Å²) in [7, 11) is 0. The summed E-state index contributed by atoms with van der Waals surface area (Å²) in [6.45, 7) is 3.13. The Morgan fingerprint density at radius 1 is 1.50 bits per heavy atom. The molecule has 0 aliphatic carbocycles. The summed E-state index contributed by atoms with van der Waals surface area (Å²) >= 11 is 0. The second-order valence-corrected chi connectivity index (χ2v) is 4.35. The SMILES string of the molecule is CCCn1c(C(O)CCN)nc2ccc(F)cc21. The van der Waals surface area contributed by atoms with E-state index in [4.69, 9.17) is 5.73 Å². The molecule has 2 aromatic rings. The molecule has 0 spiro atoms. The lowest BCUT2D eigenvalue weighted by atomic mass is 10.2. The first-order chi connectivity index (χ1) is 8.67. The number of aliphatic hydroxyl groups excluding tert-OH is 1. The number of hydrogen-bond acceptors (Lipinski definition) is 3. The number of rotatable bonds is 5. The summed E-state index contributed by atoms with van der Waals surface area (Å²) in [5.41, 5.74) is 6.88. The van der Waals surface area contributed by atoms with Gasteiger partial charge < -0.3 is 15.4 Å². The highest BCUT2D eigenvalue weighted by atomic mass is 19.1. The van der Waals surface area contributed by atoms with Gasteiger partial charge in [0.1, 0.15) is 17.7 Å². The van der Waals surface area contributed by atoms with Crippen molar-refractivity contribution in [3.8, 4) is 0 Å². The lowest BCUT2D eigenvalue weighted by Gasteiger charge is -2.12.